The molecule has 21 heavy (non-hydrogen) atoms. The molecule has 3 unspecified atom stereocenters. The Morgan fingerprint density at radius 2 is 1.86 bits per heavy atom. The number of rotatable bonds is 5. The second kappa shape index (κ2) is 6.95. The summed E-state index contributed by atoms with van der Waals surface area (Å²) in [5.41, 5.74) is 5.23. The molecule has 3 atom stereocenters. The van der Waals surface area contributed by atoms with Gasteiger partial charge < -0.3 is 15.7 Å². The average Bonchev–Trinajstić information content (AvgIpc) is 3.13. The van der Waals surface area contributed by atoms with Crippen molar-refractivity contribution >= 4 is 0 Å². The van der Waals surface area contributed by atoms with Gasteiger partial charge in [0.05, 0.1) is 5.60 Å². The summed E-state index contributed by atoms with van der Waals surface area (Å²) in [5, 5.41) is 10.5. The molecule has 3 fully saturated rings. The van der Waals surface area contributed by atoms with Gasteiger partial charge in [-0.3, -0.25) is 4.90 Å². The van der Waals surface area contributed by atoms with E-state index in [0.717, 1.165) is 38.3 Å². The number of likely N-dealkylation sites (tertiary alicyclic amines) is 2. The van der Waals surface area contributed by atoms with Crippen molar-refractivity contribution in [1.82, 2.24) is 9.80 Å². The molecule has 3 aliphatic rings. The van der Waals surface area contributed by atoms with Gasteiger partial charge in [-0.2, -0.15) is 0 Å². The van der Waals surface area contributed by atoms with Crippen molar-refractivity contribution < 1.29 is 5.11 Å². The Balaban J connectivity index is 1.42. The average molecular weight is 295 g/mol. The monoisotopic (exact) mass is 295 g/mol. The van der Waals surface area contributed by atoms with E-state index >= 15 is 0 Å². The second-order valence-corrected chi connectivity index (χ2v) is 7.53. The minimum Gasteiger partial charge on any atom is -0.388 e. The van der Waals surface area contributed by atoms with E-state index in [2.05, 4.69) is 9.80 Å². The zero-order valence-electron chi connectivity index (χ0n) is 13.5. The van der Waals surface area contributed by atoms with Gasteiger partial charge in [-0.25, -0.2) is 0 Å². The number of hydrogen-bond donors (Lipinski definition) is 2. The highest BCUT2D eigenvalue weighted by atomic mass is 16.3. The molecule has 0 amide bonds. The summed E-state index contributed by atoms with van der Waals surface area (Å²) in [6, 6.07) is 0.794. The molecule has 4 nitrogen and oxygen atoms in total. The molecule has 1 aliphatic carbocycles. The summed E-state index contributed by atoms with van der Waals surface area (Å²) < 4.78 is 0. The largest absolute Gasteiger partial charge is 0.388 e. The van der Waals surface area contributed by atoms with Crippen LogP contribution in [0.4, 0.5) is 0 Å². The Hall–Kier alpha value is -0.160. The van der Waals surface area contributed by atoms with Crippen molar-refractivity contribution in [2.24, 2.45) is 11.7 Å². The molecule has 0 aromatic heterocycles. The highest BCUT2D eigenvalue weighted by Gasteiger charge is 2.40. The van der Waals surface area contributed by atoms with Crippen LogP contribution < -0.4 is 5.73 Å². The van der Waals surface area contributed by atoms with Gasteiger partial charge in [0, 0.05) is 19.1 Å². The Bertz CT molecular complexity index is 332. The molecule has 122 valence electrons. The molecule has 3 N–H and O–H groups in total. The van der Waals surface area contributed by atoms with Gasteiger partial charge in [-0.1, -0.05) is 12.8 Å². The highest BCUT2D eigenvalue weighted by molar-refractivity contribution is 4.94. The fraction of sp³-hybridized carbons (Fsp3) is 1.00. The Labute approximate surface area is 129 Å². The Kier molecular flexibility index (Phi) is 5.20. The lowest BCUT2D eigenvalue weighted by molar-refractivity contribution is 0.00504. The Morgan fingerprint density at radius 3 is 2.62 bits per heavy atom. The molecule has 0 radical (unpaired) electrons. The number of nitrogens with two attached hydrogens (primary N) is 1. The highest BCUT2D eigenvalue weighted by Crippen LogP contribution is 2.37. The predicted molar refractivity (Wildman–Crippen MR) is 86.2 cm³/mol. The van der Waals surface area contributed by atoms with Gasteiger partial charge in [0.1, 0.15) is 0 Å². The molecule has 2 saturated heterocycles. The third-order valence-corrected chi connectivity index (χ3v) is 6.22. The summed E-state index contributed by atoms with van der Waals surface area (Å²) in [6.07, 6.45) is 9.89. The summed E-state index contributed by atoms with van der Waals surface area (Å²) in [6.45, 7) is 6.70. The van der Waals surface area contributed by atoms with Crippen LogP contribution in [-0.2, 0) is 0 Å². The molecular formula is C17H33N3O. The molecular weight excluding hydrogens is 262 g/mol. The summed E-state index contributed by atoms with van der Waals surface area (Å²) >= 11 is 0. The zero-order chi connectivity index (χ0) is 14.7. The maximum Gasteiger partial charge on any atom is 0.0797 e. The number of aliphatic hydroxyl groups is 1. The van der Waals surface area contributed by atoms with Crippen LogP contribution in [0.15, 0.2) is 0 Å². The van der Waals surface area contributed by atoms with Gasteiger partial charge in [0.2, 0.25) is 0 Å². The first-order chi connectivity index (χ1) is 10.2. The molecule has 0 aromatic rings. The first-order valence-electron chi connectivity index (χ1n) is 9.10. The van der Waals surface area contributed by atoms with Gasteiger partial charge in [-0.05, 0) is 70.6 Å². The van der Waals surface area contributed by atoms with Crippen LogP contribution in [0.1, 0.15) is 51.4 Å². The number of piperidine rings is 1. The summed E-state index contributed by atoms with van der Waals surface area (Å²) in [7, 11) is 0. The van der Waals surface area contributed by atoms with E-state index in [1.165, 1.54) is 51.9 Å². The lowest BCUT2D eigenvalue weighted by atomic mass is 9.88. The standard InChI is InChI=1S/C17H33N3O/c18-14-17(21)8-4-5-15(17)6-11-19-12-7-16(13-19)20-9-2-1-3-10-20/h15-16,21H,1-14,18H2. The number of hydrogen-bond acceptors (Lipinski definition) is 4. The van der Waals surface area contributed by atoms with Gasteiger partial charge in [0.25, 0.3) is 0 Å². The van der Waals surface area contributed by atoms with Gasteiger partial charge in [0.15, 0.2) is 0 Å². The molecule has 0 aromatic carbocycles. The van der Waals surface area contributed by atoms with E-state index in [1.807, 2.05) is 0 Å². The fourth-order valence-corrected chi connectivity index (χ4v) is 4.74. The minimum absolute atomic E-state index is 0.427. The van der Waals surface area contributed by atoms with E-state index in [4.69, 9.17) is 5.73 Å². The van der Waals surface area contributed by atoms with Crippen molar-refractivity contribution in [3.63, 3.8) is 0 Å². The van der Waals surface area contributed by atoms with Crippen molar-refractivity contribution in [2.45, 2.75) is 63.0 Å². The van der Waals surface area contributed by atoms with Gasteiger partial charge >= 0.3 is 0 Å². The van der Waals surface area contributed by atoms with E-state index in [1.54, 1.807) is 0 Å². The van der Waals surface area contributed by atoms with Crippen LogP contribution >= 0.6 is 0 Å². The molecule has 3 rings (SSSR count). The van der Waals surface area contributed by atoms with Crippen LogP contribution in [0.2, 0.25) is 0 Å². The van der Waals surface area contributed by atoms with Crippen LogP contribution in [-0.4, -0.2) is 65.8 Å². The van der Waals surface area contributed by atoms with Gasteiger partial charge in [-0.15, -0.1) is 0 Å². The van der Waals surface area contributed by atoms with E-state index in [0.29, 0.717) is 12.5 Å². The molecule has 2 heterocycles. The Morgan fingerprint density at radius 1 is 1.05 bits per heavy atom. The predicted octanol–water partition coefficient (Wildman–Crippen LogP) is 1.43. The van der Waals surface area contributed by atoms with Crippen LogP contribution in [0.25, 0.3) is 0 Å². The molecule has 1 saturated carbocycles. The maximum atomic E-state index is 10.5. The minimum atomic E-state index is -0.563. The fourth-order valence-electron chi connectivity index (χ4n) is 4.74. The van der Waals surface area contributed by atoms with E-state index in [9.17, 15) is 5.11 Å². The van der Waals surface area contributed by atoms with Crippen molar-refractivity contribution in [1.29, 1.82) is 0 Å². The molecule has 4 heteroatoms. The second-order valence-electron chi connectivity index (χ2n) is 7.53. The number of nitrogens with zero attached hydrogens (tertiary/aromatic N) is 2. The third kappa shape index (κ3) is 3.61. The normalized spacial score (nSPS) is 39.1. The summed E-state index contributed by atoms with van der Waals surface area (Å²) in [5.74, 6) is 0.427. The SMILES string of the molecule is NCC1(O)CCCC1CCN1CCC(N2CCCCC2)C1. The topological polar surface area (TPSA) is 52.7 Å². The lowest BCUT2D eigenvalue weighted by Gasteiger charge is -2.33. The molecule has 0 bridgehead atoms. The van der Waals surface area contributed by atoms with Crippen LogP contribution in [0, 0.1) is 5.92 Å². The lowest BCUT2D eigenvalue weighted by Crippen LogP contribution is -2.43. The van der Waals surface area contributed by atoms with Crippen molar-refractivity contribution in [3.8, 4) is 0 Å². The van der Waals surface area contributed by atoms with Crippen molar-refractivity contribution in [3.05, 3.63) is 0 Å². The third-order valence-electron chi connectivity index (χ3n) is 6.22. The molecule has 0 spiro atoms. The summed E-state index contributed by atoms with van der Waals surface area (Å²) in [4.78, 5) is 5.34. The van der Waals surface area contributed by atoms with Crippen LogP contribution in [0.5, 0.6) is 0 Å². The van der Waals surface area contributed by atoms with Crippen LogP contribution in [0.3, 0.4) is 0 Å². The van der Waals surface area contributed by atoms with E-state index in [-0.39, 0.29) is 0 Å². The zero-order valence-corrected chi connectivity index (χ0v) is 13.5. The first-order valence-corrected chi connectivity index (χ1v) is 9.10. The smallest absolute Gasteiger partial charge is 0.0797 e. The quantitative estimate of drug-likeness (QED) is 0.805. The van der Waals surface area contributed by atoms with Crippen molar-refractivity contribution in [2.75, 3.05) is 39.3 Å². The molecule has 2 aliphatic heterocycles. The van der Waals surface area contributed by atoms with E-state index < -0.39 is 5.60 Å². The first kappa shape index (κ1) is 15.7. The maximum absolute atomic E-state index is 10.5.